The molecule has 0 amide bonds. The average Bonchev–Trinajstić information content (AvgIpc) is 3.58. The Hall–Kier alpha value is -7.88. The molecule has 0 saturated carbocycles. The molecule has 9 aromatic carbocycles. The summed E-state index contributed by atoms with van der Waals surface area (Å²) in [5.41, 5.74) is 23.4. The summed E-state index contributed by atoms with van der Waals surface area (Å²) in [7, 11) is 0. The molecule has 0 radical (unpaired) electrons. The summed E-state index contributed by atoms with van der Waals surface area (Å²) in [5.74, 6) is 0. The maximum Gasteiger partial charge on any atom is 0.0671 e. The minimum Gasteiger partial charge on any atom is -0.398 e. The van der Waals surface area contributed by atoms with Crippen LogP contribution in [0.4, 0.5) is 0 Å². The second kappa shape index (κ2) is 16.2. The quantitative estimate of drug-likeness (QED) is 0.105. The fourth-order valence-electron chi connectivity index (χ4n) is 9.82. The van der Waals surface area contributed by atoms with Gasteiger partial charge in [0.15, 0.2) is 0 Å². The number of aliphatic imine (C=N–C) groups is 1. The Morgan fingerprint density at radius 2 is 1.14 bits per heavy atom. The molecule has 0 unspecified atom stereocenters. The summed E-state index contributed by atoms with van der Waals surface area (Å²) in [4.78, 5) is 5.11. The van der Waals surface area contributed by atoms with E-state index in [4.69, 9.17) is 16.1 Å². The third-order valence-corrected chi connectivity index (χ3v) is 12.8. The standard InChI is InChI=1S/C60H47N3/c1-4-15-43(37-61)40-26-28-42(29-27-40)57(63-38-39-16-6-5-7-17-39)36-56(62)52-35-34-50(47-22-12-13-23-48(47)52)49-32-33-51(46-21-11-10-20-45(46)49)53-24-14-25-55-58(53)54-31-30-41-18-8-9-19-44(41)59(54)60(55,2)3/h4-37,61H,1,38,62H2,2-3H3/b43-15+,56-36-,61-37?,63-57?. The van der Waals surface area contributed by atoms with E-state index in [9.17, 15) is 0 Å². The Morgan fingerprint density at radius 3 is 1.83 bits per heavy atom. The van der Waals surface area contributed by atoms with Gasteiger partial charge in [0.25, 0.3) is 0 Å². The molecule has 1 aliphatic rings. The van der Waals surface area contributed by atoms with E-state index in [0.717, 1.165) is 49.9 Å². The molecule has 9 aromatic rings. The second-order valence-electron chi connectivity index (χ2n) is 16.8. The molecule has 0 saturated heterocycles. The summed E-state index contributed by atoms with van der Waals surface area (Å²) in [5, 5.41) is 15.1. The van der Waals surface area contributed by atoms with Gasteiger partial charge >= 0.3 is 0 Å². The molecule has 0 atom stereocenters. The maximum atomic E-state index is 7.90. The lowest BCUT2D eigenvalue weighted by Crippen LogP contribution is -2.15. The molecule has 0 fully saturated rings. The maximum absolute atomic E-state index is 7.90. The fraction of sp³-hybridized carbons (Fsp3) is 0.0667. The number of nitrogens with two attached hydrogens (primary N) is 1. The van der Waals surface area contributed by atoms with Gasteiger partial charge in [-0.3, -0.25) is 4.99 Å². The lowest BCUT2D eigenvalue weighted by atomic mass is 9.80. The van der Waals surface area contributed by atoms with Crippen molar-refractivity contribution in [3.05, 3.63) is 240 Å². The zero-order chi connectivity index (χ0) is 43.1. The molecule has 1 aliphatic carbocycles. The Morgan fingerprint density at radius 1 is 0.571 bits per heavy atom. The van der Waals surface area contributed by atoms with Crippen LogP contribution < -0.4 is 5.73 Å². The van der Waals surface area contributed by atoms with Crippen LogP contribution in [0, 0.1) is 5.41 Å². The van der Waals surface area contributed by atoms with Crippen LogP contribution in [0.15, 0.2) is 212 Å². The predicted molar refractivity (Wildman–Crippen MR) is 270 cm³/mol. The number of fused-ring (bicyclic) bond motifs is 7. The van der Waals surface area contributed by atoms with Gasteiger partial charge in [0.1, 0.15) is 0 Å². The number of hydrogen-bond acceptors (Lipinski definition) is 3. The van der Waals surface area contributed by atoms with E-state index < -0.39 is 0 Å². The van der Waals surface area contributed by atoms with E-state index >= 15 is 0 Å². The van der Waals surface area contributed by atoms with E-state index in [-0.39, 0.29) is 5.41 Å². The van der Waals surface area contributed by atoms with Crippen LogP contribution >= 0.6 is 0 Å². The highest BCUT2D eigenvalue weighted by atomic mass is 14.7. The molecule has 10 rings (SSSR count). The van der Waals surface area contributed by atoms with Gasteiger partial charge in [0, 0.05) is 22.9 Å². The minimum absolute atomic E-state index is 0.137. The molecular formula is C60H47N3. The van der Waals surface area contributed by atoms with E-state index in [1.807, 2.05) is 54.6 Å². The number of nitrogens with zero attached hydrogens (tertiary/aromatic N) is 1. The molecule has 0 aliphatic heterocycles. The van der Waals surface area contributed by atoms with Crippen molar-refractivity contribution in [2.45, 2.75) is 25.8 Å². The molecule has 0 aromatic heterocycles. The SMILES string of the molecule is C=C/C=C(\C=N)c1ccc(C(/C=C(\N)c2ccc(-c3ccc(-c4cccc5c4-c4ccc6ccccc6c4C5(C)C)c4ccccc34)c3ccccc23)=NCc2ccccc2)cc1. The van der Waals surface area contributed by atoms with Crippen LogP contribution in [0.25, 0.3) is 77.0 Å². The van der Waals surface area contributed by atoms with Crippen LogP contribution in [-0.4, -0.2) is 11.9 Å². The van der Waals surface area contributed by atoms with Gasteiger partial charge in [-0.1, -0.05) is 215 Å². The van der Waals surface area contributed by atoms with Crippen LogP contribution in [-0.2, 0) is 12.0 Å². The molecule has 0 spiro atoms. The first-order valence-electron chi connectivity index (χ1n) is 21.6. The summed E-state index contributed by atoms with van der Waals surface area (Å²) in [6.45, 7) is 9.08. The highest BCUT2D eigenvalue weighted by Gasteiger charge is 2.38. The Labute approximate surface area is 369 Å². The molecule has 0 bridgehead atoms. The lowest BCUT2D eigenvalue weighted by Gasteiger charge is -2.23. The first kappa shape index (κ1) is 39.3. The zero-order valence-electron chi connectivity index (χ0n) is 35.6. The number of allylic oxidation sites excluding steroid dienone is 4. The Kier molecular flexibility index (Phi) is 10.1. The van der Waals surface area contributed by atoms with Crippen LogP contribution in [0.2, 0.25) is 0 Å². The van der Waals surface area contributed by atoms with Gasteiger partial charge in [0.2, 0.25) is 0 Å². The number of rotatable bonds is 10. The van der Waals surface area contributed by atoms with Crippen molar-refractivity contribution in [1.82, 2.24) is 0 Å². The van der Waals surface area contributed by atoms with Gasteiger partial charge in [-0.15, -0.1) is 0 Å². The van der Waals surface area contributed by atoms with Gasteiger partial charge < -0.3 is 11.1 Å². The summed E-state index contributed by atoms with van der Waals surface area (Å²) in [6.07, 6.45) is 6.89. The number of hydrogen-bond donors (Lipinski definition) is 2. The molecule has 0 heterocycles. The molecule has 302 valence electrons. The van der Waals surface area contributed by atoms with Crippen molar-refractivity contribution in [2.75, 3.05) is 0 Å². The number of nitrogens with one attached hydrogen (secondary N) is 1. The largest absolute Gasteiger partial charge is 0.398 e. The molecule has 3 heteroatoms. The Bertz CT molecular complexity index is 3360. The van der Waals surface area contributed by atoms with Crippen LogP contribution in [0.5, 0.6) is 0 Å². The van der Waals surface area contributed by atoms with Crippen molar-refractivity contribution < 1.29 is 0 Å². The average molecular weight is 810 g/mol. The monoisotopic (exact) mass is 809 g/mol. The highest BCUT2D eigenvalue weighted by molar-refractivity contribution is 6.16. The van der Waals surface area contributed by atoms with E-state index in [2.05, 4.69) is 160 Å². The lowest BCUT2D eigenvalue weighted by molar-refractivity contribution is 0.666. The highest BCUT2D eigenvalue weighted by Crippen LogP contribution is 2.55. The number of benzene rings is 9. The van der Waals surface area contributed by atoms with Gasteiger partial charge in [-0.25, -0.2) is 0 Å². The first-order valence-corrected chi connectivity index (χ1v) is 21.6. The van der Waals surface area contributed by atoms with Gasteiger partial charge in [-0.2, -0.15) is 0 Å². The molecule has 63 heavy (non-hydrogen) atoms. The van der Waals surface area contributed by atoms with Crippen molar-refractivity contribution in [1.29, 1.82) is 5.41 Å². The normalized spacial score (nSPS) is 13.6. The first-order chi connectivity index (χ1) is 30.9. The van der Waals surface area contributed by atoms with Crippen molar-refractivity contribution in [2.24, 2.45) is 10.7 Å². The summed E-state index contributed by atoms with van der Waals surface area (Å²) in [6, 6.07) is 65.1. The van der Waals surface area contributed by atoms with Crippen molar-refractivity contribution >= 4 is 55.5 Å². The third-order valence-electron chi connectivity index (χ3n) is 12.8. The predicted octanol–water partition coefficient (Wildman–Crippen LogP) is 15.0. The van der Waals surface area contributed by atoms with E-state index in [1.54, 1.807) is 6.08 Å². The van der Waals surface area contributed by atoms with E-state index in [1.165, 1.54) is 66.7 Å². The molecular weight excluding hydrogens is 763 g/mol. The molecule has 3 nitrogen and oxygen atoms in total. The van der Waals surface area contributed by atoms with E-state index in [0.29, 0.717) is 12.2 Å². The van der Waals surface area contributed by atoms with Gasteiger partial charge in [-0.05, 0) is 105 Å². The second-order valence-corrected chi connectivity index (χ2v) is 16.8. The van der Waals surface area contributed by atoms with Crippen molar-refractivity contribution in [3.63, 3.8) is 0 Å². The van der Waals surface area contributed by atoms with Crippen LogP contribution in [0.1, 0.15) is 47.2 Å². The van der Waals surface area contributed by atoms with Gasteiger partial charge in [0.05, 0.1) is 12.3 Å². The zero-order valence-corrected chi connectivity index (χ0v) is 35.6. The summed E-state index contributed by atoms with van der Waals surface area (Å²) >= 11 is 0. The summed E-state index contributed by atoms with van der Waals surface area (Å²) < 4.78 is 0. The van der Waals surface area contributed by atoms with Crippen molar-refractivity contribution in [3.8, 4) is 33.4 Å². The topological polar surface area (TPSA) is 62.2 Å². The fourth-order valence-corrected chi connectivity index (χ4v) is 9.82. The third kappa shape index (κ3) is 6.89. The molecule has 3 N–H and O–H groups in total. The smallest absolute Gasteiger partial charge is 0.0671 e. The Balaban J connectivity index is 1.08. The minimum atomic E-state index is -0.137. The van der Waals surface area contributed by atoms with Crippen LogP contribution in [0.3, 0.4) is 0 Å².